The maximum absolute atomic E-state index is 11.9. The number of hydrogen-bond acceptors (Lipinski definition) is 3. The van der Waals surface area contributed by atoms with E-state index >= 15 is 0 Å². The molecule has 0 amide bonds. The minimum absolute atomic E-state index is 0.0589. The minimum Gasteiger partial charge on any atom is -0.496 e. The Balaban J connectivity index is 2.21. The van der Waals surface area contributed by atoms with Crippen molar-refractivity contribution < 1.29 is 14.3 Å². The number of methoxy groups -OCH3 is 1. The number of ether oxygens (including phenoxy) is 2. The summed E-state index contributed by atoms with van der Waals surface area (Å²) in [5.74, 6) is 1.34. The van der Waals surface area contributed by atoms with E-state index < -0.39 is 0 Å². The summed E-state index contributed by atoms with van der Waals surface area (Å²) in [4.78, 5) is 11.9. The van der Waals surface area contributed by atoms with Crippen molar-refractivity contribution in [1.82, 2.24) is 0 Å². The van der Waals surface area contributed by atoms with Gasteiger partial charge in [0.1, 0.15) is 18.1 Å². The Bertz CT molecular complexity index is 638. The van der Waals surface area contributed by atoms with Gasteiger partial charge >= 0.3 is 0 Å². The second-order valence-electron chi connectivity index (χ2n) is 4.52. The third-order valence-corrected chi connectivity index (χ3v) is 3.37. The molecule has 2 aromatic rings. The molecule has 0 atom stereocenters. The van der Waals surface area contributed by atoms with Gasteiger partial charge in [-0.15, -0.1) is 0 Å². The maximum atomic E-state index is 11.9. The van der Waals surface area contributed by atoms with E-state index in [2.05, 4.69) is 0 Å². The molecule has 0 spiro atoms. The molecule has 0 radical (unpaired) electrons. The fourth-order valence-corrected chi connectivity index (χ4v) is 2.22. The summed E-state index contributed by atoms with van der Waals surface area (Å²) in [5.41, 5.74) is 1.43. The van der Waals surface area contributed by atoms with Gasteiger partial charge in [0.05, 0.1) is 12.7 Å². The van der Waals surface area contributed by atoms with Crippen LogP contribution in [0.3, 0.4) is 0 Å². The number of Topliss-reactive ketones (excluding diaryl/α,β-unsaturated/α-hetero) is 1. The Morgan fingerprint density at radius 2 is 1.90 bits per heavy atom. The molecule has 110 valence electrons. The van der Waals surface area contributed by atoms with Crippen LogP contribution in [0.2, 0.25) is 5.02 Å². The molecule has 0 saturated carbocycles. The number of halogens is 1. The topological polar surface area (TPSA) is 35.5 Å². The SMILES string of the molecule is CCC(=O)c1ccccc1OCc1cc(Cl)ccc1OC. The first-order valence-corrected chi connectivity index (χ1v) is 7.11. The molecule has 0 aliphatic rings. The van der Waals surface area contributed by atoms with Gasteiger partial charge in [-0.1, -0.05) is 30.7 Å². The van der Waals surface area contributed by atoms with Crippen LogP contribution in [0.5, 0.6) is 11.5 Å². The van der Waals surface area contributed by atoms with Crippen molar-refractivity contribution in [3.05, 3.63) is 58.6 Å². The molecule has 0 aliphatic carbocycles. The second kappa shape index (κ2) is 7.14. The number of rotatable bonds is 6. The molecule has 0 heterocycles. The summed E-state index contributed by atoms with van der Waals surface area (Å²) in [6.07, 6.45) is 0.445. The van der Waals surface area contributed by atoms with Crippen molar-refractivity contribution in [2.75, 3.05) is 7.11 Å². The smallest absolute Gasteiger partial charge is 0.166 e. The summed E-state index contributed by atoms with van der Waals surface area (Å²) in [6.45, 7) is 2.12. The zero-order valence-corrected chi connectivity index (χ0v) is 12.8. The van der Waals surface area contributed by atoms with Crippen molar-refractivity contribution in [2.45, 2.75) is 20.0 Å². The third kappa shape index (κ3) is 3.76. The van der Waals surface area contributed by atoms with E-state index in [4.69, 9.17) is 21.1 Å². The summed E-state index contributed by atoms with van der Waals surface area (Å²) < 4.78 is 11.1. The van der Waals surface area contributed by atoms with Crippen molar-refractivity contribution >= 4 is 17.4 Å². The molecule has 3 nitrogen and oxygen atoms in total. The van der Waals surface area contributed by atoms with Gasteiger partial charge in [-0.05, 0) is 30.3 Å². The fourth-order valence-electron chi connectivity index (χ4n) is 2.03. The molecule has 2 aromatic carbocycles. The Morgan fingerprint density at radius 1 is 1.14 bits per heavy atom. The van der Waals surface area contributed by atoms with Gasteiger partial charge in [0, 0.05) is 17.0 Å². The van der Waals surface area contributed by atoms with Gasteiger partial charge in [-0.3, -0.25) is 4.79 Å². The van der Waals surface area contributed by atoms with Gasteiger partial charge in [0.25, 0.3) is 0 Å². The van der Waals surface area contributed by atoms with Gasteiger partial charge in [-0.25, -0.2) is 0 Å². The zero-order chi connectivity index (χ0) is 15.2. The minimum atomic E-state index is 0.0589. The van der Waals surface area contributed by atoms with Crippen molar-refractivity contribution in [3.63, 3.8) is 0 Å². The molecule has 0 fully saturated rings. The number of ketones is 1. The van der Waals surface area contributed by atoms with Crippen LogP contribution in [0.1, 0.15) is 29.3 Å². The highest BCUT2D eigenvalue weighted by atomic mass is 35.5. The van der Waals surface area contributed by atoms with Gasteiger partial charge in [0.2, 0.25) is 0 Å². The van der Waals surface area contributed by atoms with Crippen LogP contribution in [0.15, 0.2) is 42.5 Å². The largest absolute Gasteiger partial charge is 0.496 e. The molecule has 21 heavy (non-hydrogen) atoms. The molecule has 4 heteroatoms. The summed E-state index contributed by atoms with van der Waals surface area (Å²) in [6, 6.07) is 12.6. The molecule has 0 aromatic heterocycles. The van der Waals surface area contributed by atoms with E-state index in [1.54, 1.807) is 37.4 Å². The lowest BCUT2D eigenvalue weighted by atomic mass is 10.1. The molecule has 0 saturated heterocycles. The number of carbonyl (C=O) groups excluding carboxylic acids is 1. The highest BCUT2D eigenvalue weighted by molar-refractivity contribution is 6.30. The Labute approximate surface area is 129 Å². The highest BCUT2D eigenvalue weighted by Crippen LogP contribution is 2.26. The molecular weight excluding hydrogens is 288 g/mol. The van der Waals surface area contributed by atoms with E-state index in [0.717, 1.165) is 5.56 Å². The van der Waals surface area contributed by atoms with Crippen LogP contribution in [0.4, 0.5) is 0 Å². The van der Waals surface area contributed by atoms with Crippen LogP contribution in [0, 0.1) is 0 Å². The highest BCUT2D eigenvalue weighted by Gasteiger charge is 2.11. The lowest BCUT2D eigenvalue weighted by Crippen LogP contribution is -2.04. The van der Waals surface area contributed by atoms with Crippen LogP contribution >= 0.6 is 11.6 Å². The van der Waals surface area contributed by atoms with Gasteiger partial charge < -0.3 is 9.47 Å². The molecule has 0 unspecified atom stereocenters. The lowest BCUT2D eigenvalue weighted by molar-refractivity contribution is 0.0983. The summed E-state index contributed by atoms with van der Waals surface area (Å²) in [7, 11) is 1.60. The van der Waals surface area contributed by atoms with Crippen LogP contribution in [-0.2, 0) is 6.61 Å². The zero-order valence-electron chi connectivity index (χ0n) is 12.1. The van der Waals surface area contributed by atoms with E-state index in [1.165, 1.54) is 0 Å². The first-order chi connectivity index (χ1) is 10.2. The quantitative estimate of drug-likeness (QED) is 0.736. The average molecular weight is 305 g/mol. The van der Waals surface area contributed by atoms with Crippen molar-refractivity contribution in [2.24, 2.45) is 0 Å². The monoisotopic (exact) mass is 304 g/mol. The standard InChI is InChI=1S/C17H17ClO3/c1-3-15(19)14-6-4-5-7-17(14)21-11-12-10-13(18)8-9-16(12)20-2/h4-10H,3,11H2,1-2H3. The maximum Gasteiger partial charge on any atom is 0.166 e. The van der Waals surface area contributed by atoms with Gasteiger partial charge in [-0.2, -0.15) is 0 Å². The summed E-state index contributed by atoms with van der Waals surface area (Å²) >= 11 is 5.99. The number of para-hydroxylation sites is 1. The van der Waals surface area contributed by atoms with E-state index in [-0.39, 0.29) is 12.4 Å². The first-order valence-electron chi connectivity index (χ1n) is 6.73. The molecule has 0 aliphatic heterocycles. The van der Waals surface area contributed by atoms with E-state index in [0.29, 0.717) is 28.5 Å². The van der Waals surface area contributed by atoms with E-state index in [1.807, 2.05) is 19.1 Å². The van der Waals surface area contributed by atoms with Crippen LogP contribution in [-0.4, -0.2) is 12.9 Å². The average Bonchev–Trinajstić information content (AvgIpc) is 2.52. The predicted molar refractivity (Wildman–Crippen MR) is 83.4 cm³/mol. The van der Waals surface area contributed by atoms with Crippen molar-refractivity contribution in [3.8, 4) is 11.5 Å². The Kier molecular flexibility index (Phi) is 5.23. The third-order valence-electron chi connectivity index (χ3n) is 3.13. The normalized spacial score (nSPS) is 10.2. The molecular formula is C17H17ClO3. The van der Waals surface area contributed by atoms with Crippen LogP contribution in [0.25, 0.3) is 0 Å². The van der Waals surface area contributed by atoms with Crippen LogP contribution < -0.4 is 9.47 Å². The molecule has 2 rings (SSSR count). The molecule has 0 bridgehead atoms. The van der Waals surface area contributed by atoms with E-state index in [9.17, 15) is 4.79 Å². The predicted octanol–water partition coefficient (Wildman–Crippen LogP) is 4.52. The fraction of sp³-hybridized carbons (Fsp3) is 0.235. The Morgan fingerprint density at radius 3 is 2.62 bits per heavy atom. The number of benzene rings is 2. The second-order valence-corrected chi connectivity index (χ2v) is 4.95. The van der Waals surface area contributed by atoms with Crippen molar-refractivity contribution in [1.29, 1.82) is 0 Å². The van der Waals surface area contributed by atoms with Gasteiger partial charge in [0.15, 0.2) is 5.78 Å². The lowest BCUT2D eigenvalue weighted by Gasteiger charge is -2.13. The summed E-state index contributed by atoms with van der Waals surface area (Å²) in [5, 5.41) is 0.618. The Hall–Kier alpha value is -2.00. The molecule has 0 N–H and O–H groups in total. The first kappa shape index (κ1) is 15.4. The number of carbonyl (C=O) groups is 1. The number of hydrogen-bond donors (Lipinski definition) is 0.